The lowest BCUT2D eigenvalue weighted by molar-refractivity contribution is -0.141. The number of esters is 1. The maximum atomic E-state index is 11.9. The van der Waals surface area contributed by atoms with Crippen LogP contribution in [0.25, 0.3) is 0 Å². The number of hydrogen-bond acceptors (Lipinski definition) is 5. The minimum atomic E-state index is -0.374. The topological polar surface area (TPSA) is 70.7 Å². The molecule has 1 saturated heterocycles. The molecule has 0 unspecified atom stereocenters. The standard InChI is InChI=1S/C16H23N3O3/c1-12-13(18-15(20)6-7-16(21)22-2)4-3-5-14(12)19-10-8-17-9-11-19/h3-5,17H,6-11H2,1-2H3,(H,18,20). The Morgan fingerprint density at radius 1 is 1.27 bits per heavy atom. The highest BCUT2D eigenvalue weighted by atomic mass is 16.5. The van der Waals surface area contributed by atoms with Gasteiger partial charge in [-0.05, 0) is 24.6 Å². The minimum absolute atomic E-state index is 0.0961. The van der Waals surface area contributed by atoms with Crippen molar-refractivity contribution in [2.75, 3.05) is 43.5 Å². The summed E-state index contributed by atoms with van der Waals surface area (Å²) in [4.78, 5) is 25.3. The molecule has 1 aliphatic heterocycles. The Hall–Kier alpha value is -2.08. The van der Waals surface area contributed by atoms with Crippen LogP contribution in [0.1, 0.15) is 18.4 Å². The van der Waals surface area contributed by atoms with Crippen LogP contribution in [-0.2, 0) is 14.3 Å². The lowest BCUT2D eigenvalue weighted by Crippen LogP contribution is -2.43. The van der Waals surface area contributed by atoms with E-state index in [9.17, 15) is 9.59 Å². The predicted octanol–water partition coefficient (Wildman–Crippen LogP) is 1.30. The Kier molecular flexibility index (Phi) is 5.77. The molecule has 1 amide bonds. The molecule has 0 bridgehead atoms. The van der Waals surface area contributed by atoms with Crippen molar-refractivity contribution < 1.29 is 14.3 Å². The predicted molar refractivity (Wildman–Crippen MR) is 86.1 cm³/mol. The second kappa shape index (κ2) is 7.79. The molecule has 1 heterocycles. The van der Waals surface area contributed by atoms with Gasteiger partial charge in [-0.25, -0.2) is 0 Å². The monoisotopic (exact) mass is 305 g/mol. The molecule has 120 valence electrons. The number of rotatable bonds is 5. The van der Waals surface area contributed by atoms with Gasteiger partial charge in [0.25, 0.3) is 0 Å². The summed E-state index contributed by atoms with van der Waals surface area (Å²) in [5.74, 6) is -0.549. The van der Waals surface area contributed by atoms with Gasteiger partial charge in [-0.2, -0.15) is 0 Å². The molecule has 1 aliphatic rings. The van der Waals surface area contributed by atoms with E-state index in [1.54, 1.807) is 0 Å². The Bertz CT molecular complexity index is 539. The first kappa shape index (κ1) is 16.3. The van der Waals surface area contributed by atoms with Crippen LogP contribution in [0.5, 0.6) is 0 Å². The first-order valence-electron chi connectivity index (χ1n) is 7.53. The van der Waals surface area contributed by atoms with E-state index in [4.69, 9.17) is 0 Å². The third-order valence-electron chi connectivity index (χ3n) is 3.82. The molecule has 22 heavy (non-hydrogen) atoms. The Morgan fingerprint density at radius 2 is 2.00 bits per heavy atom. The van der Waals surface area contributed by atoms with Crippen LogP contribution in [0.4, 0.5) is 11.4 Å². The first-order chi connectivity index (χ1) is 10.6. The number of benzene rings is 1. The quantitative estimate of drug-likeness (QED) is 0.802. The van der Waals surface area contributed by atoms with Gasteiger partial charge in [-0.3, -0.25) is 9.59 Å². The van der Waals surface area contributed by atoms with Gasteiger partial charge in [0.1, 0.15) is 0 Å². The fourth-order valence-electron chi connectivity index (χ4n) is 2.54. The summed E-state index contributed by atoms with van der Waals surface area (Å²) in [6.07, 6.45) is 0.225. The fourth-order valence-corrected chi connectivity index (χ4v) is 2.54. The van der Waals surface area contributed by atoms with E-state index in [2.05, 4.69) is 26.3 Å². The average Bonchev–Trinajstić information content (AvgIpc) is 2.55. The molecule has 6 nitrogen and oxygen atoms in total. The molecule has 1 fully saturated rings. The SMILES string of the molecule is COC(=O)CCC(=O)Nc1cccc(N2CCNCC2)c1C. The van der Waals surface area contributed by atoms with E-state index in [-0.39, 0.29) is 24.7 Å². The van der Waals surface area contributed by atoms with Gasteiger partial charge in [0.05, 0.1) is 13.5 Å². The van der Waals surface area contributed by atoms with E-state index in [0.29, 0.717) is 0 Å². The number of amides is 1. The summed E-state index contributed by atoms with van der Waals surface area (Å²) in [5, 5.41) is 6.21. The molecule has 1 aromatic rings. The summed E-state index contributed by atoms with van der Waals surface area (Å²) in [6, 6.07) is 5.90. The Labute approximate surface area is 130 Å². The normalized spacial score (nSPS) is 14.5. The highest BCUT2D eigenvalue weighted by molar-refractivity contribution is 5.94. The summed E-state index contributed by atoms with van der Waals surface area (Å²) in [7, 11) is 1.32. The van der Waals surface area contributed by atoms with Gasteiger partial charge >= 0.3 is 5.97 Å². The van der Waals surface area contributed by atoms with Crippen LogP contribution >= 0.6 is 0 Å². The van der Waals surface area contributed by atoms with Crippen molar-refractivity contribution in [3.8, 4) is 0 Å². The van der Waals surface area contributed by atoms with Crippen molar-refractivity contribution in [2.45, 2.75) is 19.8 Å². The van der Waals surface area contributed by atoms with Crippen molar-refractivity contribution in [3.05, 3.63) is 23.8 Å². The van der Waals surface area contributed by atoms with Crippen molar-refractivity contribution in [2.24, 2.45) is 0 Å². The van der Waals surface area contributed by atoms with Crippen molar-refractivity contribution in [3.63, 3.8) is 0 Å². The Morgan fingerprint density at radius 3 is 2.68 bits per heavy atom. The number of methoxy groups -OCH3 is 1. The molecule has 1 aromatic carbocycles. The summed E-state index contributed by atoms with van der Waals surface area (Å²) in [6.45, 7) is 5.86. The maximum Gasteiger partial charge on any atom is 0.306 e. The number of anilines is 2. The van der Waals surface area contributed by atoms with E-state index < -0.39 is 0 Å². The number of piperazine rings is 1. The molecule has 0 atom stereocenters. The van der Waals surface area contributed by atoms with Crippen LogP contribution in [0.15, 0.2) is 18.2 Å². The highest BCUT2D eigenvalue weighted by Gasteiger charge is 2.15. The largest absolute Gasteiger partial charge is 0.469 e. The van der Waals surface area contributed by atoms with E-state index >= 15 is 0 Å². The summed E-state index contributed by atoms with van der Waals surface area (Å²) in [5.41, 5.74) is 2.99. The van der Waals surface area contributed by atoms with Crippen LogP contribution < -0.4 is 15.5 Å². The second-order valence-electron chi connectivity index (χ2n) is 5.31. The molecule has 2 N–H and O–H groups in total. The van der Waals surface area contributed by atoms with Gasteiger partial charge in [0, 0.05) is 44.0 Å². The van der Waals surface area contributed by atoms with Crippen molar-refractivity contribution in [1.29, 1.82) is 0 Å². The van der Waals surface area contributed by atoms with Crippen LogP contribution in [-0.4, -0.2) is 45.2 Å². The summed E-state index contributed by atoms with van der Waals surface area (Å²) >= 11 is 0. The number of carbonyl (C=O) groups is 2. The molecule has 0 spiro atoms. The minimum Gasteiger partial charge on any atom is -0.469 e. The van der Waals surface area contributed by atoms with Crippen LogP contribution in [0, 0.1) is 6.92 Å². The fraction of sp³-hybridized carbons (Fsp3) is 0.500. The average molecular weight is 305 g/mol. The van der Waals surface area contributed by atoms with Gasteiger partial charge in [-0.1, -0.05) is 6.07 Å². The van der Waals surface area contributed by atoms with Crippen LogP contribution in [0.3, 0.4) is 0 Å². The lowest BCUT2D eigenvalue weighted by Gasteiger charge is -2.31. The number of hydrogen-bond donors (Lipinski definition) is 2. The molecule has 0 radical (unpaired) electrons. The number of nitrogens with one attached hydrogen (secondary N) is 2. The van der Waals surface area contributed by atoms with Crippen LogP contribution in [0.2, 0.25) is 0 Å². The molecule has 0 aromatic heterocycles. The molecular formula is C16H23N3O3. The first-order valence-corrected chi connectivity index (χ1v) is 7.53. The van der Waals surface area contributed by atoms with Crippen molar-refractivity contribution >= 4 is 23.3 Å². The second-order valence-corrected chi connectivity index (χ2v) is 5.31. The number of nitrogens with zero attached hydrogens (tertiary/aromatic N) is 1. The van der Waals surface area contributed by atoms with Crippen molar-refractivity contribution in [1.82, 2.24) is 5.32 Å². The molecule has 6 heteroatoms. The highest BCUT2D eigenvalue weighted by Crippen LogP contribution is 2.27. The molecular weight excluding hydrogens is 282 g/mol. The Balaban J connectivity index is 2.02. The molecule has 2 rings (SSSR count). The van der Waals surface area contributed by atoms with E-state index in [1.165, 1.54) is 7.11 Å². The smallest absolute Gasteiger partial charge is 0.306 e. The van der Waals surface area contributed by atoms with Gasteiger partial charge in [0.15, 0.2) is 0 Å². The lowest BCUT2D eigenvalue weighted by atomic mass is 10.1. The summed E-state index contributed by atoms with van der Waals surface area (Å²) < 4.78 is 4.54. The van der Waals surface area contributed by atoms with Gasteiger partial charge < -0.3 is 20.3 Å². The third kappa shape index (κ3) is 4.21. The number of ether oxygens (including phenoxy) is 1. The number of carbonyl (C=O) groups excluding carboxylic acids is 2. The van der Waals surface area contributed by atoms with E-state index in [1.807, 2.05) is 19.1 Å². The zero-order valence-corrected chi connectivity index (χ0v) is 13.1. The zero-order chi connectivity index (χ0) is 15.9. The van der Waals surface area contributed by atoms with E-state index in [0.717, 1.165) is 43.1 Å². The van der Waals surface area contributed by atoms with Gasteiger partial charge in [0.2, 0.25) is 5.91 Å². The third-order valence-corrected chi connectivity index (χ3v) is 3.82. The zero-order valence-electron chi connectivity index (χ0n) is 13.1. The van der Waals surface area contributed by atoms with Gasteiger partial charge in [-0.15, -0.1) is 0 Å². The molecule has 0 aliphatic carbocycles. The molecule has 0 saturated carbocycles. The maximum absolute atomic E-state index is 11.9.